The maximum absolute atomic E-state index is 12.0. The van der Waals surface area contributed by atoms with Gasteiger partial charge in [0.25, 0.3) is 0 Å². The number of aliphatic imine (C=N–C) groups is 1. The van der Waals surface area contributed by atoms with Crippen molar-refractivity contribution in [3.63, 3.8) is 0 Å². The smallest absolute Gasteiger partial charge is 0.350 e. The van der Waals surface area contributed by atoms with Crippen molar-refractivity contribution in [2.75, 3.05) is 19.7 Å². The molecule has 0 amide bonds. The van der Waals surface area contributed by atoms with Crippen LogP contribution in [0.1, 0.15) is 58.9 Å². The Morgan fingerprint density at radius 1 is 1.34 bits per heavy atom. The molecule has 9 heteroatoms. The highest BCUT2D eigenvalue weighted by Crippen LogP contribution is 2.24. The number of nitrogens with zero attached hydrogens (tertiary/aromatic N) is 2. The number of carbonyl (C=O) groups is 1. The number of esters is 1. The number of rotatable bonds is 8. The van der Waals surface area contributed by atoms with Crippen molar-refractivity contribution in [1.82, 2.24) is 15.6 Å². The number of hydrogen-bond donors (Lipinski definition) is 3. The predicted octanol–water partition coefficient (Wildman–Crippen LogP) is 3.63. The Morgan fingerprint density at radius 3 is 2.66 bits per heavy atom. The Labute approximate surface area is 180 Å². The number of nitrogens with one attached hydrogen (secondary N) is 2. The molecule has 1 aromatic carbocycles. The zero-order valence-corrected chi connectivity index (χ0v) is 18.6. The fraction of sp³-hybridized carbons (Fsp3) is 0.450. The van der Waals surface area contributed by atoms with E-state index in [1.54, 1.807) is 38.1 Å². The molecule has 29 heavy (non-hydrogen) atoms. The number of thiazole rings is 1. The molecule has 0 aliphatic heterocycles. The van der Waals surface area contributed by atoms with Crippen LogP contribution >= 0.6 is 22.9 Å². The van der Waals surface area contributed by atoms with Crippen molar-refractivity contribution < 1.29 is 14.6 Å². The average molecular weight is 439 g/mol. The quantitative estimate of drug-likeness (QED) is 0.331. The van der Waals surface area contributed by atoms with Gasteiger partial charge in [-0.1, -0.05) is 23.7 Å². The van der Waals surface area contributed by atoms with Crippen LogP contribution in [0.5, 0.6) is 0 Å². The number of benzene rings is 1. The van der Waals surface area contributed by atoms with Gasteiger partial charge >= 0.3 is 5.97 Å². The minimum absolute atomic E-state index is 0.174. The van der Waals surface area contributed by atoms with E-state index in [1.807, 2.05) is 13.8 Å². The third-order valence-corrected chi connectivity index (χ3v) is 5.59. The highest BCUT2D eigenvalue weighted by molar-refractivity contribution is 7.13. The van der Waals surface area contributed by atoms with Gasteiger partial charge in [0.1, 0.15) is 9.88 Å². The summed E-state index contributed by atoms with van der Waals surface area (Å²) in [4.78, 5) is 21.5. The summed E-state index contributed by atoms with van der Waals surface area (Å²) in [5.74, 6) is 0.200. The first-order chi connectivity index (χ1) is 13.8. The predicted molar refractivity (Wildman–Crippen MR) is 117 cm³/mol. The van der Waals surface area contributed by atoms with E-state index in [0.29, 0.717) is 34.7 Å². The second kappa shape index (κ2) is 11.1. The van der Waals surface area contributed by atoms with Crippen molar-refractivity contribution in [3.05, 3.63) is 50.4 Å². The fourth-order valence-electron chi connectivity index (χ4n) is 2.54. The average Bonchev–Trinajstić information content (AvgIpc) is 3.08. The zero-order valence-electron chi connectivity index (χ0n) is 17.0. The van der Waals surface area contributed by atoms with Crippen LogP contribution in [-0.4, -0.2) is 41.7 Å². The van der Waals surface area contributed by atoms with Crippen molar-refractivity contribution in [2.24, 2.45) is 4.99 Å². The number of guanidine groups is 1. The van der Waals surface area contributed by atoms with E-state index in [1.165, 1.54) is 11.3 Å². The zero-order chi connectivity index (χ0) is 21.4. The van der Waals surface area contributed by atoms with E-state index in [2.05, 4.69) is 20.6 Å². The van der Waals surface area contributed by atoms with Gasteiger partial charge in [-0.3, -0.25) is 4.99 Å². The second-order valence-corrected chi connectivity index (χ2v) is 7.81. The van der Waals surface area contributed by atoms with Gasteiger partial charge in [-0.2, -0.15) is 0 Å². The van der Waals surface area contributed by atoms with Crippen LogP contribution in [0.25, 0.3) is 0 Å². The number of ether oxygens (including phenoxy) is 1. The number of carbonyl (C=O) groups excluding carboxylic acids is 1. The summed E-state index contributed by atoms with van der Waals surface area (Å²) in [5, 5.41) is 18.2. The van der Waals surface area contributed by atoms with Crippen molar-refractivity contribution >= 4 is 34.9 Å². The Balaban J connectivity index is 2.07. The molecular weight excluding hydrogens is 412 g/mol. The molecule has 1 aromatic heterocycles. The standard InChI is InChI=1S/C20H27ClN4O3S/c1-5-22-20(23-11-16(26)14-7-9-15(21)10-8-14)25-13(4)18-24-12(3)17(29-18)19(27)28-6-2/h7-10,13,16,26H,5-6,11H2,1-4H3,(H2,22,23,25). The first-order valence-electron chi connectivity index (χ1n) is 9.48. The molecule has 2 atom stereocenters. The molecule has 0 fully saturated rings. The maximum atomic E-state index is 12.0. The van der Waals surface area contributed by atoms with Gasteiger partial charge in [-0.15, -0.1) is 11.3 Å². The van der Waals surface area contributed by atoms with Crippen LogP contribution in [0, 0.1) is 6.92 Å². The minimum Gasteiger partial charge on any atom is -0.462 e. The molecule has 0 aliphatic rings. The first-order valence-corrected chi connectivity index (χ1v) is 10.7. The Kier molecular flexibility index (Phi) is 8.88. The summed E-state index contributed by atoms with van der Waals surface area (Å²) in [6.45, 7) is 8.65. The molecule has 7 nitrogen and oxygen atoms in total. The Hall–Kier alpha value is -2.16. The third kappa shape index (κ3) is 6.69. The number of hydrogen-bond acceptors (Lipinski definition) is 6. The van der Waals surface area contributed by atoms with E-state index >= 15 is 0 Å². The van der Waals surface area contributed by atoms with Crippen LogP contribution < -0.4 is 10.6 Å². The summed E-state index contributed by atoms with van der Waals surface area (Å²) in [6, 6.07) is 6.86. The molecule has 0 saturated heterocycles. The Bertz CT molecular complexity index is 839. The summed E-state index contributed by atoms with van der Waals surface area (Å²) < 4.78 is 5.07. The number of halogens is 1. The lowest BCUT2D eigenvalue weighted by Gasteiger charge is -2.17. The molecule has 0 aliphatic carbocycles. The van der Waals surface area contributed by atoms with E-state index in [0.717, 1.165) is 10.6 Å². The third-order valence-electron chi connectivity index (χ3n) is 4.02. The van der Waals surface area contributed by atoms with Crippen molar-refractivity contribution in [3.8, 4) is 0 Å². The van der Waals surface area contributed by atoms with Crippen LogP contribution in [-0.2, 0) is 4.74 Å². The molecule has 3 N–H and O–H groups in total. The van der Waals surface area contributed by atoms with Crippen LogP contribution in [0.4, 0.5) is 0 Å². The molecule has 158 valence electrons. The summed E-state index contributed by atoms with van der Waals surface area (Å²) in [6.07, 6.45) is -0.740. The largest absolute Gasteiger partial charge is 0.462 e. The first kappa shape index (κ1) is 23.1. The van der Waals surface area contributed by atoms with Gasteiger partial charge in [-0.05, 0) is 45.4 Å². The van der Waals surface area contributed by atoms with Gasteiger partial charge in [0, 0.05) is 11.6 Å². The van der Waals surface area contributed by atoms with Gasteiger partial charge in [-0.25, -0.2) is 9.78 Å². The van der Waals surface area contributed by atoms with Crippen molar-refractivity contribution in [1.29, 1.82) is 0 Å². The van der Waals surface area contributed by atoms with Gasteiger partial charge in [0.05, 0.1) is 31.0 Å². The highest BCUT2D eigenvalue weighted by atomic mass is 35.5. The summed E-state index contributed by atoms with van der Waals surface area (Å²) in [5.41, 5.74) is 1.40. The summed E-state index contributed by atoms with van der Waals surface area (Å²) >= 11 is 7.19. The molecular formula is C20H27ClN4O3S. The van der Waals surface area contributed by atoms with E-state index in [9.17, 15) is 9.90 Å². The second-order valence-electron chi connectivity index (χ2n) is 6.34. The molecule has 2 rings (SSSR count). The topological polar surface area (TPSA) is 95.8 Å². The molecule has 1 heterocycles. The monoisotopic (exact) mass is 438 g/mol. The Morgan fingerprint density at radius 2 is 2.03 bits per heavy atom. The van der Waals surface area contributed by atoms with Crippen LogP contribution in [0.15, 0.2) is 29.3 Å². The van der Waals surface area contributed by atoms with Crippen LogP contribution in [0.2, 0.25) is 5.02 Å². The number of aliphatic hydroxyl groups excluding tert-OH is 1. The lowest BCUT2D eigenvalue weighted by molar-refractivity contribution is 0.0531. The minimum atomic E-state index is -0.740. The van der Waals surface area contributed by atoms with Crippen LogP contribution in [0.3, 0.4) is 0 Å². The number of aryl methyl sites for hydroxylation is 1. The normalized spacial score (nSPS) is 13.7. The molecule has 0 saturated carbocycles. The molecule has 0 radical (unpaired) electrons. The van der Waals surface area contributed by atoms with Gasteiger partial charge in [0.2, 0.25) is 0 Å². The molecule has 2 aromatic rings. The number of aliphatic hydroxyl groups is 1. The lowest BCUT2D eigenvalue weighted by Crippen LogP contribution is -2.39. The number of aromatic nitrogens is 1. The van der Waals surface area contributed by atoms with E-state index in [4.69, 9.17) is 16.3 Å². The van der Waals surface area contributed by atoms with Gasteiger partial charge in [0.15, 0.2) is 5.96 Å². The van der Waals surface area contributed by atoms with Gasteiger partial charge < -0.3 is 20.5 Å². The molecule has 2 unspecified atom stereocenters. The molecule has 0 spiro atoms. The van der Waals surface area contributed by atoms with E-state index in [-0.39, 0.29) is 18.6 Å². The highest BCUT2D eigenvalue weighted by Gasteiger charge is 2.20. The summed E-state index contributed by atoms with van der Waals surface area (Å²) in [7, 11) is 0. The molecule has 0 bridgehead atoms. The fourth-order valence-corrected chi connectivity index (χ4v) is 3.63. The van der Waals surface area contributed by atoms with E-state index < -0.39 is 6.10 Å². The van der Waals surface area contributed by atoms with Crippen molar-refractivity contribution in [2.45, 2.75) is 39.8 Å². The maximum Gasteiger partial charge on any atom is 0.350 e. The lowest BCUT2D eigenvalue weighted by atomic mass is 10.1. The SMILES string of the molecule is CCNC(=NCC(O)c1ccc(Cl)cc1)NC(C)c1nc(C)c(C(=O)OCC)s1.